The molecule has 0 saturated heterocycles. The number of fused-ring (bicyclic) bond motifs is 1. The first-order valence-electron chi connectivity index (χ1n) is 4.98. The summed E-state index contributed by atoms with van der Waals surface area (Å²) in [7, 11) is 0. The van der Waals surface area contributed by atoms with Crippen molar-refractivity contribution in [3.63, 3.8) is 0 Å². The number of anilines is 3. The molecule has 3 rings (SSSR count). The van der Waals surface area contributed by atoms with E-state index in [2.05, 4.69) is 45.0 Å². The first-order chi connectivity index (χ1) is 7.88. The van der Waals surface area contributed by atoms with E-state index in [0.717, 1.165) is 16.8 Å². The van der Waals surface area contributed by atoms with Crippen LogP contribution < -0.4 is 10.2 Å². The fourth-order valence-corrected chi connectivity index (χ4v) is 3.21. The van der Waals surface area contributed by atoms with Crippen molar-refractivity contribution in [1.82, 2.24) is 4.98 Å². The molecule has 1 aromatic carbocycles. The highest BCUT2D eigenvalue weighted by atomic mass is 32.2. The second kappa shape index (κ2) is 3.99. The number of thioether (sulfide) groups is 1. The van der Waals surface area contributed by atoms with Crippen LogP contribution in [-0.4, -0.2) is 17.9 Å². The Bertz CT molecular complexity index is 509. The van der Waals surface area contributed by atoms with Crippen molar-refractivity contribution >= 4 is 39.6 Å². The van der Waals surface area contributed by atoms with Crippen molar-refractivity contribution in [2.24, 2.45) is 0 Å². The van der Waals surface area contributed by atoms with Crippen LogP contribution in [0.2, 0.25) is 0 Å². The maximum atomic E-state index is 4.58. The fourth-order valence-electron chi connectivity index (χ4n) is 1.75. The van der Waals surface area contributed by atoms with Gasteiger partial charge in [0, 0.05) is 5.38 Å². The first-order valence-corrected chi connectivity index (χ1v) is 7.09. The second-order valence-electron chi connectivity index (χ2n) is 3.45. The molecule has 1 N–H and O–H groups in total. The molecule has 1 aliphatic rings. The van der Waals surface area contributed by atoms with Gasteiger partial charge in [-0.15, -0.1) is 23.1 Å². The van der Waals surface area contributed by atoms with Crippen LogP contribution in [0.1, 0.15) is 0 Å². The molecule has 0 amide bonds. The number of aromatic nitrogens is 1. The van der Waals surface area contributed by atoms with Crippen LogP contribution in [0.4, 0.5) is 16.5 Å². The molecule has 0 saturated carbocycles. The summed E-state index contributed by atoms with van der Waals surface area (Å²) in [5, 5.41) is 7.60. The number of thiazole rings is 1. The van der Waals surface area contributed by atoms with Gasteiger partial charge in [-0.2, -0.15) is 0 Å². The molecule has 2 aromatic rings. The summed E-state index contributed by atoms with van der Waals surface area (Å²) in [4.78, 5) is 6.79. The Hall–Kier alpha value is -1.20. The van der Waals surface area contributed by atoms with Gasteiger partial charge in [0.2, 0.25) is 0 Å². The molecule has 5 heteroatoms. The lowest BCUT2D eigenvalue weighted by Gasteiger charge is -2.13. The number of nitrogens with zero attached hydrogens (tertiary/aromatic N) is 2. The molecule has 3 nitrogen and oxygen atoms in total. The molecule has 0 radical (unpaired) electrons. The second-order valence-corrected chi connectivity index (χ2v) is 5.12. The molecule has 0 atom stereocenters. The van der Waals surface area contributed by atoms with E-state index >= 15 is 0 Å². The zero-order valence-electron chi connectivity index (χ0n) is 8.80. The maximum Gasteiger partial charge on any atom is 0.192 e. The number of hydrogen-bond acceptors (Lipinski definition) is 5. The fraction of sp³-hybridized carbons (Fsp3) is 0.182. The summed E-state index contributed by atoms with van der Waals surface area (Å²) in [5.74, 6) is 0. The minimum absolute atomic E-state index is 0.806. The highest BCUT2D eigenvalue weighted by molar-refractivity contribution is 7.98. The van der Waals surface area contributed by atoms with Crippen molar-refractivity contribution in [3.05, 3.63) is 29.6 Å². The van der Waals surface area contributed by atoms with E-state index in [1.807, 2.05) is 6.07 Å². The third kappa shape index (κ3) is 1.56. The third-order valence-electron chi connectivity index (χ3n) is 2.53. The zero-order valence-corrected chi connectivity index (χ0v) is 10.4. The van der Waals surface area contributed by atoms with Gasteiger partial charge in [-0.1, -0.05) is 12.1 Å². The van der Waals surface area contributed by atoms with Gasteiger partial charge in [0.1, 0.15) is 5.03 Å². The minimum Gasteiger partial charge on any atom is -0.366 e. The summed E-state index contributed by atoms with van der Waals surface area (Å²) >= 11 is 3.37. The zero-order chi connectivity index (χ0) is 11.0. The lowest BCUT2D eigenvalue weighted by Crippen LogP contribution is -2.15. The van der Waals surface area contributed by atoms with E-state index in [4.69, 9.17) is 0 Å². The summed E-state index contributed by atoms with van der Waals surface area (Å²) in [6, 6.07) is 8.32. The van der Waals surface area contributed by atoms with Crippen molar-refractivity contribution in [3.8, 4) is 0 Å². The Morgan fingerprint density at radius 3 is 3.12 bits per heavy atom. The molecule has 0 unspecified atom stereocenters. The molecule has 2 heterocycles. The van der Waals surface area contributed by atoms with Crippen LogP contribution in [0.15, 0.2) is 34.7 Å². The summed E-state index contributed by atoms with van der Waals surface area (Å²) < 4.78 is 0. The van der Waals surface area contributed by atoms with Gasteiger partial charge in [-0.05, 0) is 18.4 Å². The topological polar surface area (TPSA) is 28.2 Å². The van der Waals surface area contributed by atoms with Gasteiger partial charge < -0.3 is 5.32 Å². The average Bonchev–Trinajstić information content (AvgIpc) is 2.94. The largest absolute Gasteiger partial charge is 0.366 e. The molecule has 0 bridgehead atoms. The van der Waals surface area contributed by atoms with Gasteiger partial charge in [0.05, 0.1) is 18.0 Å². The summed E-state index contributed by atoms with van der Waals surface area (Å²) in [6.45, 7) is 0.806. The van der Waals surface area contributed by atoms with Crippen molar-refractivity contribution < 1.29 is 0 Å². The molecular weight excluding hydrogens is 238 g/mol. The molecule has 82 valence electrons. The van der Waals surface area contributed by atoms with Crippen LogP contribution >= 0.6 is 23.1 Å². The lowest BCUT2D eigenvalue weighted by molar-refractivity contribution is 1.05. The van der Waals surface area contributed by atoms with Gasteiger partial charge in [-0.3, -0.25) is 4.90 Å². The average molecular weight is 249 g/mol. The van der Waals surface area contributed by atoms with E-state index in [-0.39, 0.29) is 0 Å². The molecule has 1 aliphatic heterocycles. The Labute approximate surface area is 103 Å². The first kappa shape index (κ1) is 9.99. The predicted molar refractivity (Wildman–Crippen MR) is 71.0 cm³/mol. The third-order valence-corrected chi connectivity index (χ3v) is 4.17. The van der Waals surface area contributed by atoms with Crippen LogP contribution in [0, 0.1) is 0 Å². The van der Waals surface area contributed by atoms with Crippen LogP contribution in [0.5, 0.6) is 0 Å². The minimum atomic E-state index is 0.806. The molecule has 1 aromatic heterocycles. The Morgan fingerprint density at radius 1 is 1.44 bits per heavy atom. The molecule has 0 spiro atoms. The van der Waals surface area contributed by atoms with Crippen LogP contribution in [0.25, 0.3) is 0 Å². The van der Waals surface area contributed by atoms with Crippen LogP contribution in [0.3, 0.4) is 0 Å². The van der Waals surface area contributed by atoms with E-state index < -0.39 is 0 Å². The quantitative estimate of drug-likeness (QED) is 0.826. The molecule has 16 heavy (non-hydrogen) atoms. The lowest BCUT2D eigenvalue weighted by atomic mass is 10.3. The number of benzene rings is 1. The normalized spacial score (nSPS) is 13.7. The highest BCUT2D eigenvalue weighted by Crippen LogP contribution is 2.38. The number of hydrogen-bond donors (Lipinski definition) is 1. The van der Waals surface area contributed by atoms with E-state index in [1.165, 1.54) is 11.4 Å². The molecule has 0 fully saturated rings. The van der Waals surface area contributed by atoms with Crippen molar-refractivity contribution in [2.75, 3.05) is 23.1 Å². The number of para-hydroxylation sites is 2. The van der Waals surface area contributed by atoms with Crippen LogP contribution in [-0.2, 0) is 0 Å². The smallest absolute Gasteiger partial charge is 0.192 e. The van der Waals surface area contributed by atoms with Gasteiger partial charge >= 0.3 is 0 Å². The van der Waals surface area contributed by atoms with Gasteiger partial charge in [0.25, 0.3) is 0 Å². The summed E-state index contributed by atoms with van der Waals surface area (Å²) in [5.41, 5.74) is 2.40. The van der Waals surface area contributed by atoms with Gasteiger partial charge in [-0.25, -0.2) is 4.98 Å². The van der Waals surface area contributed by atoms with Crippen molar-refractivity contribution in [2.45, 2.75) is 5.03 Å². The predicted octanol–water partition coefficient (Wildman–Crippen LogP) is 3.39. The Kier molecular flexibility index (Phi) is 2.49. The van der Waals surface area contributed by atoms with Gasteiger partial charge in [0.15, 0.2) is 5.13 Å². The van der Waals surface area contributed by atoms with Crippen molar-refractivity contribution in [1.29, 1.82) is 0 Å². The monoisotopic (exact) mass is 249 g/mol. The van der Waals surface area contributed by atoms with E-state index in [9.17, 15) is 0 Å². The standard InChI is InChI=1S/C11H11N3S2/c1-15-10-6-16-11(13-10)14-7-12-8-4-2-3-5-9(8)14/h2-6,12H,7H2,1H3. The maximum absolute atomic E-state index is 4.58. The Balaban J connectivity index is 1.98. The highest BCUT2D eigenvalue weighted by Gasteiger charge is 2.21. The Morgan fingerprint density at radius 2 is 2.31 bits per heavy atom. The van der Waals surface area contributed by atoms with E-state index in [1.54, 1.807) is 23.1 Å². The molecule has 0 aliphatic carbocycles. The summed E-state index contributed by atoms with van der Waals surface area (Å²) in [6.07, 6.45) is 2.05. The van der Waals surface area contributed by atoms with E-state index in [0.29, 0.717) is 0 Å². The number of nitrogens with one attached hydrogen (secondary N) is 1. The SMILES string of the molecule is CSc1csc(N2CNc3ccccc32)n1. The number of rotatable bonds is 2. The molecular formula is C11H11N3S2.